The number of nitrogen functional groups attached to an aromatic ring is 1. The molecule has 1 amide bonds. The molecule has 0 aliphatic heterocycles. The summed E-state index contributed by atoms with van der Waals surface area (Å²) in [6.45, 7) is 1.89. The largest absolute Gasteiger partial charge is 0.462 e. The van der Waals surface area contributed by atoms with E-state index in [1.54, 1.807) is 6.92 Å². The van der Waals surface area contributed by atoms with Crippen molar-refractivity contribution in [2.24, 2.45) is 0 Å². The van der Waals surface area contributed by atoms with Gasteiger partial charge in [-0.15, -0.1) is 0 Å². The summed E-state index contributed by atoms with van der Waals surface area (Å²) in [5.74, 6) is -0.829. The first-order chi connectivity index (χ1) is 12.0. The number of nitrogens with one attached hydrogen (secondary N) is 2. The van der Waals surface area contributed by atoms with Crippen LogP contribution in [-0.4, -0.2) is 38.6 Å². The van der Waals surface area contributed by atoms with Crippen molar-refractivity contribution in [3.05, 3.63) is 40.7 Å². The zero-order valence-electron chi connectivity index (χ0n) is 13.0. The molecule has 0 aliphatic rings. The fourth-order valence-electron chi connectivity index (χ4n) is 2.12. The lowest BCUT2D eigenvalue weighted by Crippen LogP contribution is -2.13. The first-order valence-corrected chi connectivity index (χ1v) is 7.62. The Labute approximate surface area is 146 Å². The first-order valence-electron chi connectivity index (χ1n) is 7.24. The third kappa shape index (κ3) is 3.36. The molecule has 0 spiro atoms. The maximum atomic E-state index is 12.3. The highest BCUT2D eigenvalue weighted by Crippen LogP contribution is 2.24. The molecule has 4 N–H and O–H groups in total. The van der Waals surface area contributed by atoms with Gasteiger partial charge in [0.2, 0.25) is 0 Å². The number of aromatic nitrogens is 4. The molecule has 0 unspecified atom stereocenters. The molecule has 0 bridgehead atoms. The number of aromatic amines is 1. The van der Waals surface area contributed by atoms with E-state index in [9.17, 15) is 9.59 Å². The van der Waals surface area contributed by atoms with Crippen LogP contribution < -0.4 is 11.1 Å². The molecule has 3 aromatic rings. The van der Waals surface area contributed by atoms with Crippen molar-refractivity contribution in [3.8, 4) is 0 Å². The van der Waals surface area contributed by atoms with Gasteiger partial charge in [-0.25, -0.2) is 14.8 Å². The normalized spacial score (nSPS) is 10.6. The van der Waals surface area contributed by atoms with Crippen LogP contribution in [0.4, 0.5) is 11.6 Å². The first kappa shape index (κ1) is 16.7. The van der Waals surface area contributed by atoms with Crippen molar-refractivity contribution in [2.75, 3.05) is 17.7 Å². The number of H-pyrrole nitrogens is 1. The van der Waals surface area contributed by atoms with E-state index in [4.69, 9.17) is 22.1 Å². The number of halogens is 1. The van der Waals surface area contributed by atoms with Crippen LogP contribution in [-0.2, 0) is 4.74 Å². The smallest absolute Gasteiger partial charge is 0.341 e. The summed E-state index contributed by atoms with van der Waals surface area (Å²) in [6, 6.07) is 4.49. The van der Waals surface area contributed by atoms with E-state index < -0.39 is 11.9 Å². The maximum Gasteiger partial charge on any atom is 0.341 e. The SMILES string of the molecule is CCOC(=O)c1cc2c(NC(=O)c3ccc(Cl)nc3)n[nH]c2nc1N. The Balaban J connectivity index is 1.94. The van der Waals surface area contributed by atoms with Gasteiger partial charge in [-0.3, -0.25) is 9.89 Å². The summed E-state index contributed by atoms with van der Waals surface area (Å²) >= 11 is 5.70. The Morgan fingerprint density at radius 3 is 2.88 bits per heavy atom. The highest BCUT2D eigenvalue weighted by molar-refractivity contribution is 6.29. The van der Waals surface area contributed by atoms with Crippen LogP contribution in [0.2, 0.25) is 5.15 Å². The van der Waals surface area contributed by atoms with Crippen LogP contribution in [0.25, 0.3) is 11.0 Å². The molecule has 3 aromatic heterocycles. The summed E-state index contributed by atoms with van der Waals surface area (Å²) in [5.41, 5.74) is 6.49. The fourth-order valence-corrected chi connectivity index (χ4v) is 2.23. The number of nitrogens with two attached hydrogens (primary N) is 1. The molecule has 0 aliphatic carbocycles. The molecule has 128 valence electrons. The molecule has 0 fully saturated rings. The van der Waals surface area contributed by atoms with Gasteiger partial charge >= 0.3 is 5.97 Å². The maximum absolute atomic E-state index is 12.3. The quantitative estimate of drug-likeness (QED) is 0.478. The van der Waals surface area contributed by atoms with Gasteiger partial charge in [-0.1, -0.05) is 11.6 Å². The molecule has 10 heteroatoms. The van der Waals surface area contributed by atoms with Crippen LogP contribution in [0.1, 0.15) is 27.6 Å². The summed E-state index contributed by atoms with van der Waals surface area (Å²) in [7, 11) is 0. The van der Waals surface area contributed by atoms with E-state index in [0.717, 1.165) is 0 Å². The average molecular weight is 361 g/mol. The summed E-state index contributed by atoms with van der Waals surface area (Å²) in [6.07, 6.45) is 1.34. The third-order valence-corrected chi connectivity index (χ3v) is 3.52. The Hall–Kier alpha value is -3.20. The number of hydrogen-bond acceptors (Lipinski definition) is 7. The number of rotatable bonds is 4. The minimum atomic E-state index is -0.602. The third-order valence-electron chi connectivity index (χ3n) is 3.30. The van der Waals surface area contributed by atoms with Crippen molar-refractivity contribution < 1.29 is 14.3 Å². The summed E-state index contributed by atoms with van der Waals surface area (Å²) in [4.78, 5) is 32.1. The van der Waals surface area contributed by atoms with Crippen molar-refractivity contribution >= 4 is 46.1 Å². The van der Waals surface area contributed by atoms with Gasteiger partial charge < -0.3 is 15.8 Å². The molecule has 0 radical (unpaired) electrons. The number of esters is 1. The zero-order valence-corrected chi connectivity index (χ0v) is 13.8. The Morgan fingerprint density at radius 1 is 1.40 bits per heavy atom. The number of nitrogens with zero attached hydrogens (tertiary/aromatic N) is 3. The Morgan fingerprint density at radius 2 is 2.20 bits per heavy atom. The molecular formula is C15H13ClN6O3. The highest BCUT2D eigenvalue weighted by atomic mass is 35.5. The number of amides is 1. The van der Waals surface area contributed by atoms with Crippen molar-refractivity contribution in [1.29, 1.82) is 0 Å². The Kier molecular flexibility index (Phi) is 4.48. The molecule has 9 nitrogen and oxygen atoms in total. The molecule has 0 saturated heterocycles. The molecular weight excluding hydrogens is 348 g/mol. The van der Waals surface area contributed by atoms with Gasteiger partial charge in [0.15, 0.2) is 11.5 Å². The monoisotopic (exact) mass is 360 g/mol. The minimum absolute atomic E-state index is 0.00868. The lowest BCUT2D eigenvalue weighted by atomic mass is 10.2. The lowest BCUT2D eigenvalue weighted by molar-refractivity contribution is 0.0527. The number of ether oxygens (including phenoxy) is 1. The molecule has 0 aromatic carbocycles. The molecule has 25 heavy (non-hydrogen) atoms. The number of carbonyl (C=O) groups is 2. The standard InChI is InChI=1S/C15H13ClN6O3/c1-2-25-15(24)8-5-9-12(19-11(8)17)21-22-13(9)20-14(23)7-3-4-10(16)18-6-7/h3-6H,2H2,1H3,(H4,17,19,20,21,22,23). The topological polar surface area (TPSA) is 136 Å². The number of hydrogen-bond donors (Lipinski definition) is 3. The predicted octanol–water partition coefficient (Wildman–Crippen LogP) is 2.02. The van der Waals surface area contributed by atoms with E-state index in [-0.39, 0.29) is 29.0 Å². The molecule has 3 rings (SSSR count). The van der Waals surface area contributed by atoms with Crippen LogP contribution >= 0.6 is 11.6 Å². The van der Waals surface area contributed by atoms with Crippen molar-refractivity contribution in [3.63, 3.8) is 0 Å². The van der Waals surface area contributed by atoms with Gasteiger partial charge in [0.1, 0.15) is 16.5 Å². The van der Waals surface area contributed by atoms with Crippen LogP contribution in [0, 0.1) is 0 Å². The molecule has 0 atom stereocenters. The van der Waals surface area contributed by atoms with E-state index >= 15 is 0 Å². The van der Waals surface area contributed by atoms with E-state index in [1.807, 2.05) is 0 Å². The molecule has 0 saturated carbocycles. The number of pyridine rings is 2. The highest BCUT2D eigenvalue weighted by Gasteiger charge is 2.18. The predicted molar refractivity (Wildman–Crippen MR) is 91.5 cm³/mol. The number of carbonyl (C=O) groups excluding carboxylic acids is 2. The molecule has 3 heterocycles. The zero-order chi connectivity index (χ0) is 18.0. The van der Waals surface area contributed by atoms with Crippen molar-refractivity contribution in [2.45, 2.75) is 6.92 Å². The summed E-state index contributed by atoms with van der Waals surface area (Å²) in [5, 5.41) is 9.96. The second-order valence-electron chi connectivity index (χ2n) is 4.93. The summed E-state index contributed by atoms with van der Waals surface area (Å²) < 4.78 is 4.94. The van der Waals surface area contributed by atoms with Gasteiger partial charge in [-0.05, 0) is 25.1 Å². The van der Waals surface area contributed by atoms with Gasteiger partial charge in [0, 0.05) is 6.20 Å². The van der Waals surface area contributed by atoms with Crippen molar-refractivity contribution in [1.82, 2.24) is 20.2 Å². The van der Waals surface area contributed by atoms with Gasteiger partial charge in [-0.2, -0.15) is 5.10 Å². The van der Waals surface area contributed by atoms with Crippen LogP contribution in [0.15, 0.2) is 24.4 Å². The van der Waals surface area contributed by atoms with Gasteiger partial charge in [0.05, 0.1) is 17.6 Å². The van der Waals surface area contributed by atoms with E-state index in [2.05, 4.69) is 25.5 Å². The minimum Gasteiger partial charge on any atom is -0.462 e. The van der Waals surface area contributed by atoms with Gasteiger partial charge in [0.25, 0.3) is 5.91 Å². The Bertz CT molecular complexity index is 954. The fraction of sp³-hybridized carbons (Fsp3) is 0.133. The second-order valence-corrected chi connectivity index (χ2v) is 5.32. The number of fused-ring (bicyclic) bond motifs is 1. The van der Waals surface area contributed by atoms with Crippen LogP contribution in [0.5, 0.6) is 0 Å². The lowest BCUT2D eigenvalue weighted by Gasteiger charge is -2.06. The van der Waals surface area contributed by atoms with E-state index in [1.165, 1.54) is 24.4 Å². The average Bonchev–Trinajstić information content (AvgIpc) is 2.96. The second kappa shape index (κ2) is 6.73. The number of anilines is 2. The van der Waals surface area contributed by atoms with Crippen LogP contribution in [0.3, 0.4) is 0 Å². The van der Waals surface area contributed by atoms with E-state index in [0.29, 0.717) is 16.6 Å².